The number of aliphatic hydroxyl groups is 2. The minimum absolute atomic E-state index is 0.219. The lowest BCUT2D eigenvalue weighted by Crippen LogP contribution is -2.25. The quantitative estimate of drug-likeness (QED) is 0.283. The van der Waals surface area contributed by atoms with E-state index in [9.17, 15) is 13.2 Å². The molecule has 0 saturated heterocycles. The molecule has 72 valence electrons. The van der Waals surface area contributed by atoms with Gasteiger partial charge in [0.25, 0.3) is 0 Å². The van der Waals surface area contributed by atoms with E-state index in [2.05, 4.69) is 9.22 Å². The number of carbonyl (C=O) groups is 1. The van der Waals surface area contributed by atoms with Gasteiger partial charge in [-0.1, -0.05) is 4.33 Å². The average molecular weight is 200 g/mol. The van der Waals surface area contributed by atoms with Gasteiger partial charge in [0.1, 0.15) is 5.75 Å². The zero-order chi connectivity index (χ0) is 9.61. The lowest BCUT2D eigenvalue weighted by molar-refractivity contribution is -0.194. The topological polar surface area (TPSA) is 110 Å². The van der Waals surface area contributed by atoms with Crippen LogP contribution in [-0.4, -0.2) is 43.6 Å². The highest BCUT2D eigenvalue weighted by Crippen LogP contribution is 1.96. The molecule has 0 bridgehead atoms. The Morgan fingerprint density at radius 3 is 2.50 bits per heavy atom. The van der Waals surface area contributed by atoms with Crippen LogP contribution >= 0.6 is 0 Å². The maximum atomic E-state index is 10.6. The Hall–Kier alpha value is -0.700. The van der Waals surface area contributed by atoms with E-state index >= 15 is 0 Å². The first-order valence-corrected chi connectivity index (χ1v) is 4.40. The first-order chi connectivity index (χ1) is 5.52. The lowest BCUT2D eigenvalue weighted by atomic mass is 10.4. The minimum atomic E-state index is -4.12. The molecule has 0 rings (SSSR count). The first kappa shape index (κ1) is 11.3. The summed E-state index contributed by atoms with van der Waals surface area (Å²) in [6.07, 6.45) is -1.45. The van der Waals surface area contributed by atoms with Gasteiger partial charge < -0.3 is 10.2 Å². The predicted molar refractivity (Wildman–Crippen MR) is 35.1 cm³/mol. The summed E-state index contributed by atoms with van der Waals surface area (Å²) in [6, 6.07) is 0. The largest absolute Gasteiger partial charge is 0.394 e. The molecule has 0 aliphatic carbocycles. The highest BCUT2D eigenvalue weighted by atomic mass is 32.2. The van der Waals surface area contributed by atoms with Crippen LogP contribution in [0.25, 0.3) is 0 Å². The fraction of sp³-hybridized carbons (Fsp3) is 0.750. The molecule has 0 aromatic rings. The van der Waals surface area contributed by atoms with Crippen molar-refractivity contribution >= 4 is 16.6 Å². The molecule has 0 aromatic heterocycles. The average Bonchev–Trinajstić information content (AvgIpc) is 2.00. The van der Waals surface area contributed by atoms with Gasteiger partial charge in [-0.2, -0.15) is 8.42 Å². The van der Waals surface area contributed by atoms with Crippen LogP contribution in [0, 0.1) is 0 Å². The van der Waals surface area contributed by atoms with Crippen LogP contribution in [0.4, 0.5) is 0 Å². The number of carbonyl (C=O) groups excluding carboxylic acids is 1. The molecule has 0 spiro atoms. The Bertz CT molecular complexity index is 220. The fourth-order valence-electron chi connectivity index (χ4n) is 0.392. The normalized spacial score (nSPS) is 13.8. The number of hydrogen-bond acceptors (Lipinski definition) is 7. The molecular weight excluding hydrogens is 192 g/mol. The summed E-state index contributed by atoms with van der Waals surface area (Å²) < 4.78 is 24.7. The monoisotopic (exact) mass is 200 g/mol. The molecule has 0 aliphatic heterocycles. The van der Waals surface area contributed by atoms with E-state index in [0.29, 0.717) is 0 Å². The Morgan fingerprint density at radius 1 is 1.50 bits per heavy atom. The number of rotatable bonds is 6. The van der Waals surface area contributed by atoms with Gasteiger partial charge in [-0.15, -0.1) is 0 Å². The lowest BCUT2D eigenvalue weighted by Gasteiger charge is -2.05. The van der Waals surface area contributed by atoms with Crippen LogP contribution in [-0.2, 0) is 24.1 Å². The van der Waals surface area contributed by atoms with Crippen LogP contribution in [0.5, 0.6) is 0 Å². The SMILES string of the molecule is O=COOS(=O)(=O)CC(O)CO. The van der Waals surface area contributed by atoms with Gasteiger partial charge in [0, 0.05) is 0 Å². The van der Waals surface area contributed by atoms with Gasteiger partial charge in [0.2, 0.25) is 0 Å². The van der Waals surface area contributed by atoms with Gasteiger partial charge in [0.05, 0.1) is 12.7 Å². The van der Waals surface area contributed by atoms with Gasteiger partial charge in [-0.05, 0) is 0 Å². The standard InChI is InChI=1S/C4H8O7S/c5-1-4(7)2-12(8,9)11-10-3-6/h3-5,7H,1-2H2. The van der Waals surface area contributed by atoms with Crippen molar-refractivity contribution in [2.75, 3.05) is 12.4 Å². The van der Waals surface area contributed by atoms with Gasteiger partial charge in [-0.3, -0.25) is 9.68 Å². The predicted octanol–water partition coefficient (Wildman–Crippen LogP) is -2.23. The first-order valence-electron chi connectivity index (χ1n) is 2.82. The highest BCUT2D eigenvalue weighted by Gasteiger charge is 2.18. The van der Waals surface area contributed by atoms with E-state index in [0.717, 1.165) is 0 Å². The summed E-state index contributed by atoms with van der Waals surface area (Å²) in [4.78, 5) is 13.0. The molecule has 0 aromatic carbocycles. The molecular formula is C4H8O7S. The Labute approximate surface area is 68.6 Å². The summed E-state index contributed by atoms with van der Waals surface area (Å²) >= 11 is 0. The second-order valence-corrected chi connectivity index (χ2v) is 3.41. The highest BCUT2D eigenvalue weighted by molar-refractivity contribution is 7.86. The molecule has 7 nitrogen and oxygen atoms in total. The molecule has 2 N–H and O–H groups in total. The van der Waals surface area contributed by atoms with Crippen LogP contribution in [0.1, 0.15) is 0 Å². The van der Waals surface area contributed by atoms with Crippen molar-refractivity contribution in [1.82, 2.24) is 0 Å². The third-order valence-corrected chi connectivity index (χ3v) is 1.87. The number of aliphatic hydroxyl groups excluding tert-OH is 2. The smallest absolute Gasteiger partial charge is 0.332 e. The van der Waals surface area contributed by atoms with Crippen molar-refractivity contribution in [3.63, 3.8) is 0 Å². The second kappa shape index (κ2) is 5.04. The third kappa shape index (κ3) is 5.02. The summed E-state index contributed by atoms with van der Waals surface area (Å²) in [5.74, 6) is -0.836. The van der Waals surface area contributed by atoms with Crippen LogP contribution in [0.2, 0.25) is 0 Å². The van der Waals surface area contributed by atoms with Crippen molar-refractivity contribution < 1.29 is 32.6 Å². The van der Waals surface area contributed by atoms with Crippen LogP contribution in [0.3, 0.4) is 0 Å². The van der Waals surface area contributed by atoms with Crippen LogP contribution < -0.4 is 0 Å². The molecule has 8 heteroatoms. The molecule has 1 unspecified atom stereocenters. The van der Waals surface area contributed by atoms with Crippen LogP contribution in [0.15, 0.2) is 0 Å². The summed E-state index contributed by atoms with van der Waals surface area (Å²) in [5.41, 5.74) is 0. The Balaban J connectivity index is 3.95. The van der Waals surface area contributed by atoms with E-state index < -0.39 is 28.6 Å². The summed E-state index contributed by atoms with van der Waals surface area (Å²) in [6.45, 7) is -0.938. The van der Waals surface area contributed by atoms with Gasteiger partial charge in [-0.25, -0.2) is 0 Å². The molecule has 12 heavy (non-hydrogen) atoms. The molecule has 1 atom stereocenters. The minimum Gasteiger partial charge on any atom is -0.394 e. The number of hydrogen-bond donors (Lipinski definition) is 2. The van der Waals surface area contributed by atoms with E-state index in [1.165, 1.54) is 0 Å². The van der Waals surface area contributed by atoms with E-state index in [4.69, 9.17) is 10.2 Å². The van der Waals surface area contributed by atoms with Gasteiger partial charge >= 0.3 is 16.6 Å². The van der Waals surface area contributed by atoms with Crippen molar-refractivity contribution in [3.05, 3.63) is 0 Å². The molecule has 0 heterocycles. The van der Waals surface area contributed by atoms with Gasteiger partial charge in [0.15, 0.2) is 0 Å². The maximum Gasteiger partial charge on any atom is 0.332 e. The molecule has 0 fully saturated rings. The maximum absolute atomic E-state index is 10.6. The molecule has 0 radical (unpaired) electrons. The molecule has 0 saturated carbocycles. The Morgan fingerprint density at radius 2 is 2.08 bits per heavy atom. The Kier molecular flexibility index (Phi) is 4.74. The van der Waals surface area contributed by atoms with Crippen molar-refractivity contribution in [2.24, 2.45) is 0 Å². The zero-order valence-electron chi connectivity index (χ0n) is 5.91. The third-order valence-electron chi connectivity index (χ3n) is 0.789. The van der Waals surface area contributed by atoms with E-state index in [1.807, 2.05) is 0 Å². The van der Waals surface area contributed by atoms with E-state index in [1.54, 1.807) is 0 Å². The van der Waals surface area contributed by atoms with Crippen molar-refractivity contribution in [2.45, 2.75) is 6.10 Å². The summed E-state index contributed by atoms with van der Waals surface area (Å²) in [7, 11) is -4.12. The molecule has 0 aliphatic rings. The second-order valence-electron chi connectivity index (χ2n) is 1.82. The zero-order valence-corrected chi connectivity index (χ0v) is 6.73. The van der Waals surface area contributed by atoms with Crippen molar-refractivity contribution in [1.29, 1.82) is 0 Å². The molecule has 0 amide bonds. The fourth-order valence-corrected chi connectivity index (χ4v) is 1.18. The van der Waals surface area contributed by atoms with E-state index in [-0.39, 0.29) is 6.47 Å². The summed E-state index contributed by atoms with van der Waals surface area (Å²) in [5, 5.41) is 16.9. The van der Waals surface area contributed by atoms with Crippen molar-refractivity contribution in [3.8, 4) is 0 Å².